The maximum Gasteiger partial charge on any atom is 0.417 e. The van der Waals surface area contributed by atoms with Gasteiger partial charge in [0.25, 0.3) is 5.56 Å². The fraction of sp³-hybridized carbons (Fsp3) is 0.240. The highest BCUT2D eigenvalue weighted by Crippen LogP contribution is 2.36. The zero-order valence-electron chi connectivity index (χ0n) is 20.6. The van der Waals surface area contributed by atoms with Gasteiger partial charge >= 0.3 is 6.18 Å². The first-order valence-corrected chi connectivity index (χ1v) is 11.8. The molecule has 0 amide bonds. The third-order valence-electron chi connectivity index (χ3n) is 6.44. The number of nitrogens with one attached hydrogen (secondary N) is 1. The van der Waals surface area contributed by atoms with Gasteiger partial charge in [-0.3, -0.25) is 4.79 Å². The summed E-state index contributed by atoms with van der Waals surface area (Å²) in [6, 6.07) is 4.56. The number of ether oxygens (including phenoxy) is 1. The fourth-order valence-corrected chi connectivity index (χ4v) is 4.32. The summed E-state index contributed by atoms with van der Waals surface area (Å²) >= 11 is 0. The van der Waals surface area contributed by atoms with Crippen molar-refractivity contribution in [1.29, 1.82) is 5.26 Å². The van der Waals surface area contributed by atoms with Crippen molar-refractivity contribution >= 4 is 28.6 Å². The van der Waals surface area contributed by atoms with E-state index in [9.17, 15) is 32.7 Å². The molecule has 40 heavy (non-hydrogen) atoms. The van der Waals surface area contributed by atoms with E-state index in [0.717, 1.165) is 29.2 Å². The van der Waals surface area contributed by atoms with E-state index in [-0.39, 0.29) is 52.7 Å². The smallest absolute Gasteiger partial charge is 0.417 e. The number of imidazole rings is 1. The second kappa shape index (κ2) is 9.97. The Morgan fingerprint density at radius 2 is 2.10 bits per heavy atom. The van der Waals surface area contributed by atoms with Crippen molar-refractivity contribution in [3.63, 3.8) is 0 Å². The van der Waals surface area contributed by atoms with Crippen LogP contribution in [0.25, 0.3) is 16.9 Å². The fourth-order valence-electron chi connectivity index (χ4n) is 4.32. The summed E-state index contributed by atoms with van der Waals surface area (Å²) in [4.78, 5) is 25.4. The number of nitriles is 1. The van der Waals surface area contributed by atoms with Crippen LogP contribution in [0.5, 0.6) is 5.75 Å². The number of fused-ring (bicyclic) bond motifs is 1. The Balaban J connectivity index is 1.56. The topological polar surface area (TPSA) is 157 Å². The minimum atomic E-state index is -4.75. The number of hydrogen-bond donors (Lipinski definition) is 3. The number of pyridine rings is 3. The van der Waals surface area contributed by atoms with Gasteiger partial charge < -0.3 is 30.0 Å². The second-order valence-corrected chi connectivity index (χ2v) is 9.00. The minimum absolute atomic E-state index is 0.0191. The van der Waals surface area contributed by atoms with Crippen LogP contribution in [0.1, 0.15) is 35.7 Å². The number of alkyl halides is 3. The van der Waals surface area contributed by atoms with E-state index in [1.165, 1.54) is 23.9 Å². The normalized spacial score (nSPS) is 17.4. The van der Waals surface area contributed by atoms with E-state index in [0.29, 0.717) is 6.07 Å². The van der Waals surface area contributed by atoms with Crippen molar-refractivity contribution in [3.8, 4) is 11.8 Å². The van der Waals surface area contributed by atoms with Crippen LogP contribution in [-0.4, -0.2) is 35.3 Å². The lowest BCUT2D eigenvalue weighted by Gasteiger charge is -2.33. The van der Waals surface area contributed by atoms with Gasteiger partial charge in [0.2, 0.25) is 5.95 Å². The molecule has 0 bridgehead atoms. The van der Waals surface area contributed by atoms with E-state index >= 15 is 0 Å². The van der Waals surface area contributed by atoms with Gasteiger partial charge in [-0.05, 0) is 31.0 Å². The van der Waals surface area contributed by atoms with Gasteiger partial charge in [0.1, 0.15) is 28.5 Å². The first kappa shape index (κ1) is 26.6. The number of hydrogen-bond acceptors (Lipinski definition) is 9. The van der Waals surface area contributed by atoms with E-state index in [4.69, 9.17) is 10.5 Å². The van der Waals surface area contributed by atoms with Crippen molar-refractivity contribution in [1.82, 2.24) is 24.1 Å². The lowest BCUT2D eigenvalue weighted by Crippen LogP contribution is -2.37. The molecule has 1 aliphatic carbocycles. The summed E-state index contributed by atoms with van der Waals surface area (Å²) in [5.41, 5.74) is 3.23. The summed E-state index contributed by atoms with van der Waals surface area (Å²) in [6.07, 6.45) is -0.980. The molecule has 1 fully saturated rings. The lowest BCUT2D eigenvalue weighted by atomic mass is 9.89. The van der Waals surface area contributed by atoms with Crippen molar-refractivity contribution in [2.75, 3.05) is 5.32 Å². The predicted molar refractivity (Wildman–Crippen MR) is 133 cm³/mol. The zero-order valence-corrected chi connectivity index (χ0v) is 20.6. The van der Waals surface area contributed by atoms with Gasteiger partial charge in [-0.25, -0.2) is 14.4 Å². The maximum atomic E-state index is 14.2. The first-order chi connectivity index (χ1) is 19.0. The summed E-state index contributed by atoms with van der Waals surface area (Å²) < 4.78 is 63.1. The molecule has 0 radical (unpaired) electrons. The van der Waals surface area contributed by atoms with Gasteiger partial charge in [0.15, 0.2) is 23.0 Å². The van der Waals surface area contributed by atoms with Crippen LogP contribution in [0.2, 0.25) is 0 Å². The monoisotopic (exact) mass is 556 g/mol. The van der Waals surface area contributed by atoms with Crippen molar-refractivity contribution in [2.24, 2.45) is 12.8 Å². The van der Waals surface area contributed by atoms with Crippen LogP contribution in [0, 0.1) is 17.1 Å². The summed E-state index contributed by atoms with van der Waals surface area (Å²) in [6.45, 7) is 0. The Bertz CT molecular complexity index is 1750. The summed E-state index contributed by atoms with van der Waals surface area (Å²) in [5.74, 6) is -1.11. The molecule has 0 aromatic carbocycles. The van der Waals surface area contributed by atoms with Crippen LogP contribution < -0.4 is 21.3 Å². The molecule has 206 valence electrons. The largest absolute Gasteiger partial charge is 0.450 e. The van der Waals surface area contributed by atoms with E-state index in [2.05, 4.69) is 20.3 Å². The second-order valence-electron chi connectivity index (χ2n) is 9.00. The molecule has 1 saturated carbocycles. The Morgan fingerprint density at radius 1 is 1.35 bits per heavy atom. The molecule has 0 saturated heterocycles. The minimum Gasteiger partial charge on any atom is -0.450 e. The van der Waals surface area contributed by atoms with Crippen LogP contribution in [0.4, 0.5) is 29.2 Å². The van der Waals surface area contributed by atoms with Gasteiger partial charge in [-0.15, -0.1) is 0 Å². The molecule has 4 aromatic heterocycles. The molecule has 4 heterocycles. The molecular weight excluding hydrogens is 536 g/mol. The van der Waals surface area contributed by atoms with Crippen LogP contribution in [0.15, 0.2) is 47.8 Å². The molecular formula is C25H20F4N8O3. The number of nitrogens with two attached hydrogens (primary N) is 1. The number of aliphatic hydroxyl groups excluding tert-OH is 1. The molecule has 0 spiro atoms. The molecule has 15 heteroatoms. The average Bonchev–Trinajstić information content (AvgIpc) is 3.21. The van der Waals surface area contributed by atoms with E-state index in [1.54, 1.807) is 0 Å². The maximum absolute atomic E-state index is 14.2. The number of halogens is 4. The molecule has 0 aliphatic heterocycles. The number of aliphatic hydroxyl groups is 1. The number of rotatable bonds is 6. The number of aromatic nitrogens is 5. The Labute approximate surface area is 222 Å². The zero-order chi connectivity index (χ0) is 28.8. The van der Waals surface area contributed by atoms with Crippen LogP contribution in [0.3, 0.4) is 0 Å². The average molecular weight is 556 g/mol. The van der Waals surface area contributed by atoms with Crippen molar-refractivity contribution < 1.29 is 27.4 Å². The Morgan fingerprint density at radius 3 is 2.73 bits per heavy atom. The standard InChI is InChI=1S/C25H20F4N8O3/c1-36-21-15(8-30)19(40-18(9-31)20-16(26)3-2-4-32-20)10-33-22(21)35-24(36)34-17-5-12(25(27,28)29)11-37(23(17)39)13-6-14(38)7-13/h2-5,9-11,13-14,38H,6-7,31H2,1H3,(H,33,34,35)/b18-9+. The molecule has 1 aliphatic rings. The Hall–Kier alpha value is -4.97. The van der Waals surface area contributed by atoms with Crippen molar-refractivity contribution in [2.45, 2.75) is 31.2 Å². The van der Waals surface area contributed by atoms with E-state index < -0.39 is 40.9 Å². The molecule has 11 nitrogen and oxygen atoms in total. The highest BCUT2D eigenvalue weighted by atomic mass is 19.4. The highest BCUT2D eigenvalue weighted by molar-refractivity contribution is 5.84. The molecule has 4 aromatic rings. The lowest BCUT2D eigenvalue weighted by molar-refractivity contribution is -0.138. The predicted octanol–water partition coefficient (Wildman–Crippen LogP) is 3.33. The quantitative estimate of drug-likeness (QED) is 0.239. The first-order valence-electron chi connectivity index (χ1n) is 11.8. The number of aryl methyl sites for hydroxylation is 1. The van der Waals surface area contributed by atoms with Gasteiger partial charge in [0, 0.05) is 31.7 Å². The number of nitrogens with zero attached hydrogens (tertiary/aromatic N) is 6. The summed E-state index contributed by atoms with van der Waals surface area (Å²) in [5, 5.41) is 22.1. The Kier molecular flexibility index (Phi) is 6.64. The molecule has 4 N–H and O–H groups in total. The molecule has 5 rings (SSSR count). The van der Waals surface area contributed by atoms with Gasteiger partial charge in [-0.1, -0.05) is 0 Å². The van der Waals surface area contributed by atoms with Gasteiger partial charge in [-0.2, -0.15) is 23.4 Å². The molecule has 0 unspecified atom stereocenters. The summed E-state index contributed by atoms with van der Waals surface area (Å²) in [7, 11) is 1.45. The van der Waals surface area contributed by atoms with E-state index in [1.807, 2.05) is 6.07 Å². The van der Waals surface area contributed by atoms with Crippen LogP contribution in [-0.2, 0) is 13.2 Å². The van der Waals surface area contributed by atoms with Gasteiger partial charge in [0.05, 0.1) is 17.9 Å². The van der Waals surface area contributed by atoms with Crippen molar-refractivity contribution in [3.05, 3.63) is 76.0 Å². The SMILES string of the molecule is Cn1c(Nc2cc(C(F)(F)F)cn(C3CC(O)C3)c2=O)nc2ncc(O/C(=C/N)c3ncccc3F)c(C#N)c21. The van der Waals surface area contributed by atoms with Crippen LogP contribution >= 0.6 is 0 Å². The molecule has 0 atom stereocenters. The third kappa shape index (κ3) is 4.69. The third-order valence-corrected chi connectivity index (χ3v) is 6.44. The highest BCUT2D eigenvalue weighted by Gasteiger charge is 2.36. The number of anilines is 2.